The van der Waals surface area contributed by atoms with Crippen LogP contribution in [0.2, 0.25) is 0 Å². The summed E-state index contributed by atoms with van der Waals surface area (Å²) in [5.41, 5.74) is 14.7. The first-order valence-corrected chi connectivity index (χ1v) is 22.7. The minimum absolute atomic E-state index is 0.0884. The lowest BCUT2D eigenvalue weighted by Gasteiger charge is -2.22. The Bertz CT molecular complexity index is 2610. The molecule has 0 aliphatic carbocycles. The maximum absolute atomic E-state index is 12.4. The first-order valence-electron chi connectivity index (χ1n) is 21.9. The first-order chi connectivity index (χ1) is 32.1. The number of rotatable bonds is 21. The van der Waals surface area contributed by atoms with Gasteiger partial charge in [0.05, 0.1) is 35.4 Å². The predicted molar refractivity (Wildman–Crippen MR) is 254 cm³/mol. The molecule has 6 aromatic rings. The van der Waals surface area contributed by atoms with E-state index in [1.807, 2.05) is 72.8 Å². The molecule has 4 aromatic carbocycles. The van der Waals surface area contributed by atoms with Gasteiger partial charge >= 0.3 is 0 Å². The Morgan fingerprint density at radius 1 is 0.848 bits per heavy atom. The van der Waals surface area contributed by atoms with E-state index in [0.717, 1.165) is 63.2 Å². The topological polar surface area (TPSA) is 234 Å². The number of carbonyl (C=O) groups is 3. The number of halogens is 1. The maximum atomic E-state index is 12.4. The molecule has 3 amide bonds. The zero-order chi connectivity index (χ0) is 46.3. The molecule has 0 unspecified atom stereocenters. The van der Waals surface area contributed by atoms with Crippen molar-refractivity contribution in [1.29, 1.82) is 0 Å². The molecule has 7 rings (SSSR count). The van der Waals surface area contributed by atoms with Gasteiger partial charge in [-0.05, 0) is 112 Å². The number of anilines is 1. The van der Waals surface area contributed by atoms with Crippen molar-refractivity contribution in [3.8, 4) is 11.6 Å². The fraction of sp³-hybridized carbons (Fsp3) is 0.333. The first kappa shape index (κ1) is 47.2. The molecule has 3 heterocycles. The van der Waals surface area contributed by atoms with Crippen LogP contribution in [0, 0.1) is 0 Å². The van der Waals surface area contributed by atoms with Crippen LogP contribution in [0.15, 0.2) is 106 Å². The van der Waals surface area contributed by atoms with E-state index in [1.165, 1.54) is 11.9 Å². The second kappa shape index (κ2) is 23.4. The third-order valence-electron chi connectivity index (χ3n) is 11.1. The summed E-state index contributed by atoms with van der Waals surface area (Å²) in [6, 6.07) is 27.4. The molecule has 17 nitrogen and oxygen atoms in total. The van der Waals surface area contributed by atoms with E-state index in [-0.39, 0.29) is 74.4 Å². The minimum Gasteiger partial charge on any atom is -0.507 e. The number of hydrogen-bond acceptors (Lipinski definition) is 13. The molecule has 344 valence electrons. The SMILES string of the molecule is CN1CCc2cc(Br)c(O)cc2[C@@H](c2ccc(/N=N/c3ccc(CCNC(=O)CCOCCNC(=O)CCCC(=O)NCc4ccc(COc5nc(N)nc6[nH]cnc56)cc4)cc3)cc2)C1. The number of hydrogen-bond donors (Lipinski definition) is 6. The minimum atomic E-state index is -0.163. The molecule has 1 aliphatic rings. The van der Waals surface area contributed by atoms with Crippen LogP contribution in [0.3, 0.4) is 0 Å². The number of phenolic OH excluding ortho intramolecular Hbond substituents is 1. The Kier molecular flexibility index (Phi) is 16.8. The van der Waals surface area contributed by atoms with Crippen LogP contribution in [0.4, 0.5) is 17.3 Å². The highest BCUT2D eigenvalue weighted by atomic mass is 79.9. The number of nitrogens with one attached hydrogen (secondary N) is 4. The van der Waals surface area contributed by atoms with Crippen LogP contribution in [-0.2, 0) is 45.1 Å². The van der Waals surface area contributed by atoms with Crippen LogP contribution in [0.25, 0.3) is 11.2 Å². The van der Waals surface area contributed by atoms with Gasteiger partial charge in [-0.15, -0.1) is 0 Å². The van der Waals surface area contributed by atoms with Gasteiger partial charge in [0, 0.05) is 57.9 Å². The molecule has 1 atom stereocenters. The zero-order valence-electron chi connectivity index (χ0n) is 36.8. The normalized spacial score (nSPS) is 13.9. The van der Waals surface area contributed by atoms with Crippen molar-refractivity contribution < 1.29 is 29.0 Å². The lowest BCUT2D eigenvalue weighted by molar-refractivity contribution is -0.124. The summed E-state index contributed by atoms with van der Waals surface area (Å²) in [4.78, 5) is 54.5. The van der Waals surface area contributed by atoms with E-state index in [2.05, 4.69) is 86.1 Å². The fourth-order valence-corrected chi connectivity index (χ4v) is 7.85. The van der Waals surface area contributed by atoms with Gasteiger partial charge in [-0.3, -0.25) is 14.4 Å². The molecule has 18 heteroatoms. The molecule has 0 fully saturated rings. The average Bonchev–Trinajstić information content (AvgIpc) is 3.73. The number of nitrogens with zero attached hydrogens (tertiary/aromatic N) is 6. The van der Waals surface area contributed by atoms with Crippen molar-refractivity contribution in [2.75, 3.05) is 52.2 Å². The molecule has 2 aromatic heterocycles. The quantitative estimate of drug-likeness (QED) is 0.0329. The summed E-state index contributed by atoms with van der Waals surface area (Å²) in [6.45, 7) is 3.75. The number of ether oxygens (including phenoxy) is 2. The number of aromatic nitrogens is 4. The maximum Gasteiger partial charge on any atom is 0.247 e. The number of carbonyl (C=O) groups excluding carboxylic acids is 3. The van der Waals surface area contributed by atoms with Gasteiger partial charge in [0.25, 0.3) is 0 Å². The van der Waals surface area contributed by atoms with E-state index >= 15 is 0 Å². The van der Waals surface area contributed by atoms with Gasteiger partial charge in [-0.25, -0.2) is 4.98 Å². The summed E-state index contributed by atoms with van der Waals surface area (Å²) < 4.78 is 12.1. The average molecular weight is 961 g/mol. The third kappa shape index (κ3) is 13.9. The predicted octanol–water partition coefficient (Wildman–Crippen LogP) is 6.69. The molecule has 1 aliphatic heterocycles. The summed E-state index contributed by atoms with van der Waals surface area (Å²) in [7, 11) is 2.13. The van der Waals surface area contributed by atoms with Gasteiger partial charge in [0.1, 0.15) is 12.4 Å². The van der Waals surface area contributed by atoms with Gasteiger partial charge in [0.15, 0.2) is 11.2 Å². The summed E-state index contributed by atoms with van der Waals surface area (Å²) in [5.74, 6) is 0.358. The number of aromatic hydroxyl groups is 1. The molecular formula is C48H54BrN11O6. The summed E-state index contributed by atoms with van der Waals surface area (Å²) in [5, 5.41) is 27.9. The third-order valence-corrected chi connectivity index (χ3v) is 11.7. The number of phenols is 1. The number of benzene rings is 4. The number of nitrogens with two attached hydrogens (primary N) is 1. The molecule has 0 radical (unpaired) electrons. The van der Waals surface area contributed by atoms with Crippen LogP contribution >= 0.6 is 15.9 Å². The summed E-state index contributed by atoms with van der Waals surface area (Å²) >= 11 is 3.47. The number of amides is 3. The smallest absolute Gasteiger partial charge is 0.247 e. The van der Waals surface area contributed by atoms with Crippen LogP contribution in [0.1, 0.15) is 65.0 Å². The number of fused-ring (bicyclic) bond motifs is 2. The molecular weight excluding hydrogens is 907 g/mol. The molecule has 0 saturated heterocycles. The highest BCUT2D eigenvalue weighted by Gasteiger charge is 2.24. The zero-order valence-corrected chi connectivity index (χ0v) is 38.4. The van der Waals surface area contributed by atoms with Crippen molar-refractivity contribution in [3.63, 3.8) is 0 Å². The van der Waals surface area contributed by atoms with Gasteiger partial charge in [0.2, 0.25) is 29.5 Å². The Morgan fingerprint density at radius 3 is 2.27 bits per heavy atom. The molecule has 0 spiro atoms. The Morgan fingerprint density at radius 2 is 1.52 bits per heavy atom. The number of imidazole rings is 1. The Labute approximate surface area is 391 Å². The van der Waals surface area contributed by atoms with E-state index in [1.54, 1.807) is 0 Å². The van der Waals surface area contributed by atoms with Crippen molar-refractivity contribution in [2.24, 2.45) is 10.2 Å². The second-order valence-corrected chi connectivity index (χ2v) is 16.9. The highest BCUT2D eigenvalue weighted by molar-refractivity contribution is 9.10. The number of azo groups is 1. The lowest BCUT2D eigenvalue weighted by atomic mass is 9.88. The van der Waals surface area contributed by atoms with E-state index < -0.39 is 0 Å². The van der Waals surface area contributed by atoms with Crippen molar-refractivity contribution >= 4 is 62.1 Å². The van der Waals surface area contributed by atoms with Crippen LogP contribution in [0.5, 0.6) is 11.6 Å². The number of nitrogen functional groups attached to an aromatic ring is 1. The van der Waals surface area contributed by atoms with E-state index in [4.69, 9.17) is 15.2 Å². The summed E-state index contributed by atoms with van der Waals surface area (Å²) in [6.07, 6.45) is 4.17. The van der Waals surface area contributed by atoms with E-state index in [0.29, 0.717) is 49.5 Å². The van der Waals surface area contributed by atoms with Crippen molar-refractivity contribution in [1.82, 2.24) is 40.8 Å². The number of H-pyrrole nitrogens is 1. The molecule has 7 N–H and O–H groups in total. The second-order valence-electron chi connectivity index (χ2n) is 16.1. The Balaban J connectivity index is 0.700. The van der Waals surface area contributed by atoms with Gasteiger partial charge < -0.3 is 46.1 Å². The molecule has 0 bridgehead atoms. The van der Waals surface area contributed by atoms with Crippen LogP contribution in [-0.4, -0.2) is 94.1 Å². The number of likely N-dealkylation sites (N-methyl/N-ethyl adjacent to an activating group) is 1. The van der Waals surface area contributed by atoms with Crippen LogP contribution < -0.4 is 26.4 Å². The van der Waals surface area contributed by atoms with Gasteiger partial charge in [-0.2, -0.15) is 20.2 Å². The lowest BCUT2D eigenvalue weighted by Crippen LogP contribution is -2.29. The number of aromatic amines is 1. The largest absolute Gasteiger partial charge is 0.507 e. The molecule has 0 saturated carbocycles. The molecule has 66 heavy (non-hydrogen) atoms. The monoisotopic (exact) mass is 959 g/mol. The Hall–Kier alpha value is -6.76. The standard InChI is InChI=1S/C48H54BrN11O6/c1-60-22-18-35-25-40(49)41(61)26-38(35)39(28-60)34-11-15-37(16-12-34)59-58-36-13-9-31(10-14-36)17-20-51-44(64)19-23-65-24-21-52-42(62)3-2-4-43(63)53-27-32-5-7-33(8-6-32)29-66-47-45-46(55-30-54-45)56-48(50)57-47/h5-16,25-26,30,39,61H,2-4,17-24,27-29H2,1H3,(H,51,64)(H,52,62)(H,53,63)(H3,50,54,55,56,57)/b59-58+/t39-/m1/s1. The highest BCUT2D eigenvalue weighted by Crippen LogP contribution is 2.37. The fourth-order valence-electron chi connectivity index (χ4n) is 7.46. The van der Waals surface area contributed by atoms with E-state index in [9.17, 15) is 19.5 Å². The van der Waals surface area contributed by atoms with Crippen molar-refractivity contribution in [3.05, 3.63) is 129 Å². The van der Waals surface area contributed by atoms with Gasteiger partial charge in [-0.1, -0.05) is 48.5 Å². The van der Waals surface area contributed by atoms with Crippen molar-refractivity contribution in [2.45, 2.75) is 57.6 Å².